The number of aromatic nitrogens is 4. The van der Waals surface area contributed by atoms with Crippen molar-refractivity contribution < 1.29 is 18.8 Å². The lowest BCUT2D eigenvalue weighted by atomic mass is 9.95. The van der Waals surface area contributed by atoms with Gasteiger partial charge in [-0.1, -0.05) is 5.16 Å². The van der Waals surface area contributed by atoms with Crippen molar-refractivity contribution in [3.8, 4) is 23.1 Å². The smallest absolute Gasteiger partial charge is 0.278 e. The zero-order chi connectivity index (χ0) is 20.2. The number of carbonyl (C=O) groups excluding carboxylic acids is 1. The molecule has 0 N–H and O–H groups in total. The van der Waals surface area contributed by atoms with Crippen molar-refractivity contribution >= 4 is 5.91 Å². The maximum Gasteiger partial charge on any atom is 0.278 e. The van der Waals surface area contributed by atoms with Gasteiger partial charge in [0.1, 0.15) is 17.2 Å². The first-order valence-electron chi connectivity index (χ1n) is 9.31. The fraction of sp³-hybridized carbons (Fsp3) is 0.350. The van der Waals surface area contributed by atoms with Crippen LogP contribution < -0.4 is 9.47 Å². The number of nitrogens with zero attached hydrogens (tertiary/aromatic N) is 5. The molecule has 9 nitrogen and oxygen atoms in total. The van der Waals surface area contributed by atoms with Gasteiger partial charge in [-0.15, -0.1) is 0 Å². The molecular formula is C20H21N5O4. The Balaban J connectivity index is 1.42. The number of hydrogen-bond acceptors (Lipinski definition) is 8. The second-order valence-electron chi connectivity index (χ2n) is 6.68. The fourth-order valence-electron chi connectivity index (χ4n) is 3.40. The molecule has 3 heterocycles. The van der Waals surface area contributed by atoms with E-state index in [0.717, 1.165) is 12.8 Å². The fourth-order valence-corrected chi connectivity index (χ4v) is 3.40. The van der Waals surface area contributed by atoms with E-state index in [1.165, 1.54) is 0 Å². The molecular weight excluding hydrogens is 374 g/mol. The maximum atomic E-state index is 13.0. The molecule has 1 aliphatic heterocycles. The van der Waals surface area contributed by atoms with Crippen molar-refractivity contribution in [1.82, 2.24) is 25.0 Å². The normalized spacial score (nSPS) is 14.6. The summed E-state index contributed by atoms with van der Waals surface area (Å²) < 4.78 is 15.9. The van der Waals surface area contributed by atoms with Crippen molar-refractivity contribution in [2.45, 2.75) is 18.8 Å². The van der Waals surface area contributed by atoms with Gasteiger partial charge < -0.3 is 18.9 Å². The molecule has 2 aromatic heterocycles. The van der Waals surface area contributed by atoms with E-state index in [2.05, 4.69) is 20.1 Å². The van der Waals surface area contributed by atoms with Gasteiger partial charge in [-0.25, -0.2) is 4.98 Å². The third-order valence-corrected chi connectivity index (χ3v) is 5.01. The van der Waals surface area contributed by atoms with E-state index in [1.54, 1.807) is 51.0 Å². The number of amides is 1. The SMILES string of the molecule is COc1ccc(C(=O)N2CCC(c3noc(-c4cnccn4)n3)CC2)c(OC)c1. The van der Waals surface area contributed by atoms with Gasteiger partial charge in [0.2, 0.25) is 0 Å². The van der Waals surface area contributed by atoms with Gasteiger partial charge in [-0.2, -0.15) is 4.98 Å². The Morgan fingerprint density at radius 2 is 2.00 bits per heavy atom. The van der Waals surface area contributed by atoms with E-state index < -0.39 is 0 Å². The highest BCUT2D eigenvalue weighted by atomic mass is 16.5. The van der Waals surface area contributed by atoms with Gasteiger partial charge in [0, 0.05) is 37.5 Å². The molecule has 0 spiro atoms. The minimum Gasteiger partial charge on any atom is -0.497 e. The molecule has 1 amide bonds. The summed E-state index contributed by atoms with van der Waals surface area (Å²) in [6.45, 7) is 1.21. The van der Waals surface area contributed by atoms with E-state index in [0.29, 0.717) is 47.6 Å². The van der Waals surface area contributed by atoms with E-state index in [1.807, 2.05) is 4.90 Å². The quantitative estimate of drug-likeness (QED) is 0.649. The highest BCUT2D eigenvalue weighted by molar-refractivity contribution is 5.97. The zero-order valence-corrected chi connectivity index (χ0v) is 16.2. The highest BCUT2D eigenvalue weighted by Gasteiger charge is 2.29. The molecule has 0 saturated carbocycles. The Labute approximate surface area is 167 Å². The van der Waals surface area contributed by atoms with Gasteiger partial charge in [0.05, 0.1) is 26.0 Å². The van der Waals surface area contributed by atoms with Crippen LogP contribution in [-0.2, 0) is 0 Å². The predicted molar refractivity (Wildman–Crippen MR) is 103 cm³/mol. The number of carbonyl (C=O) groups is 1. The van der Waals surface area contributed by atoms with Crippen LogP contribution in [0.2, 0.25) is 0 Å². The van der Waals surface area contributed by atoms with Crippen molar-refractivity contribution in [3.63, 3.8) is 0 Å². The van der Waals surface area contributed by atoms with E-state index in [-0.39, 0.29) is 11.8 Å². The molecule has 0 atom stereocenters. The lowest BCUT2D eigenvalue weighted by Gasteiger charge is -2.31. The first-order chi connectivity index (χ1) is 14.2. The second-order valence-corrected chi connectivity index (χ2v) is 6.68. The molecule has 4 rings (SSSR count). The summed E-state index contributed by atoms with van der Waals surface area (Å²) in [5.74, 6) is 2.22. The summed E-state index contributed by atoms with van der Waals surface area (Å²) in [6.07, 6.45) is 6.26. The van der Waals surface area contributed by atoms with Crippen molar-refractivity contribution in [2.24, 2.45) is 0 Å². The Hall–Kier alpha value is -3.49. The molecule has 1 fully saturated rings. The average Bonchev–Trinajstić information content (AvgIpc) is 3.29. The third kappa shape index (κ3) is 3.89. The summed E-state index contributed by atoms with van der Waals surface area (Å²) >= 11 is 0. The number of ether oxygens (including phenoxy) is 2. The highest BCUT2D eigenvalue weighted by Crippen LogP contribution is 2.30. The minimum absolute atomic E-state index is 0.0590. The van der Waals surface area contributed by atoms with Gasteiger partial charge in [0.25, 0.3) is 11.8 Å². The maximum absolute atomic E-state index is 13.0. The Morgan fingerprint density at radius 3 is 2.69 bits per heavy atom. The van der Waals surface area contributed by atoms with Crippen LogP contribution in [0.4, 0.5) is 0 Å². The predicted octanol–water partition coefficient (Wildman–Crippen LogP) is 2.56. The second kappa shape index (κ2) is 8.26. The summed E-state index contributed by atoms with van der Waals surface area (Å²) in [7, 11) is 3.12. The third-order valence-electron chi connectivity index (χ3n) is 5.01. The first kappa shape index (κ1) is 18.9. The van der Waals surface area contributed by atoms with E-state index in [4.69, 9.17) is 14.0 Å². The molecule has 0 unspecified atom stereocenters. The van der Waals surface area contributed by atoms with Crippen molar-refractivity contribution in [1.29, 1.82) is 0 Å². The molecule has 3 aromatic rings. The molecule has 0 bridgehead atoms. The summed E-state index contributed by atoms with van der Waals surface area (Å²) in [4.78, 5) is 27.4. The van der Waals surface area contributed by atoms with Crippen LogP contribution in [0.1, 0.15) is 34.9 Å². The number of likely N-dealkylation sites (tertiary alicyclic amines) is 1. The zero-order valence-electron chi connectivity index (χ0n) is 16.2. The number of benzene rings is 1. The standard InChI is InChI=1S/C20H21N5O4/c1-27-14-3-4-15(17(11-14)28-2)20(26)25-9-5-13(6-10-25)18-23-19(29-24-18)16-12-21-7-8-22-16/h3-4,7-8,11-13H,5-6,9-10H2,1-2H3. The molecule has 9 heteroatoms. The number of methoxy groups -OCH3 is 2. The van der Waals surface area contributed by atoms with Crippen molar-refractivity contribution in [2.75, 3.05) is 27.3 Å². The van der Waals surface area contributed by atoms with Crippen LogP contribution in [0.25, 0.3) is 11.6 Å². The summed E-state index contributed by atoms with van der Waals surface area (Å²) in [5, 5.41) is 4.10. The topological polar surface area (TPSA) is 103 Å². The molecule has 1 aliphatic rings. The molecule has 150 valence electrons. The van der Waals surface area contributed by atoms with Gasteiger partial charge in [-0.3, -0.25) is 9.78 Å². The lowest BCUT2D eigenvalue weighted by Crippen LogP contribution is -2.38. The summed E-state index contributed by atoms with van der Waals surface area (Å²) in [6, 6.07) is 5.21. The Kier molecular flexibility index (Phi) is 5.37. The van der Waals surface area contributed by atoms with Crippen LogP contribution in [0, 0.1) is 0 Å². The Bertz CT molecular complexity index is 984. The molecule has 0 aliphatic carbocycles. The van der Waals surface area contributed by atoms with E-state index >= 15 is 0 Å². The number of rotatable bonds is 5. The largest absolute Gasteiger partial charge is 0.497 e. The first-order valence-corrected chi connectivity index (χ1v) is 9.31. The van der Waals surface area contributed by atoms with Gasteiger partial charge in [0.15, 0.2) is 5.82 Å². The molecule has 1 aromatic carbocycles. The average molecular weight is 395 g/mol. The van der Waals surface area contributed by atoms with Crippen LogP contribution >= 0.6 is 0 Å². The van der Waals surface area contributed by atoms with Crippen LogP contribution in [0.3, 0.4) is 0 Å². The van der Waals surface area contributed by atoms with Crippen LogP contribution in [-0.4, -0.2) is 58.2 Å². The van der Waals surface area contributed by atoms with Crippen LogP contribution in [0.15, 0.2) is 41.3 Å². The number of piperidine rings is 1. The van der Waals surface area contributed by atoms with Gasteiger partial charge >= 0.3 is 0 Å². The molecule has 1 saturated heterocycles. The number of hydrogen-bond donors (Lipinski definition) is 0. The lowest BCUT2D eigenvalue weighted by molar-refractivity contribution is 0.0707. The monoisotopic (exact) mass is 395 g/mol. The van der Waals surface area contributed by atoms with Gasteiger partial charge in [-0.05, 0) is 25.0 Å². The molecule has 0 radical (unpaired) electrons. The van der Waals surface area contributed by atoms with Crippen molar-refractivity contribution in [3.05, 3.63) is 48.2 Å². The molecule has 29 heavy (non-hydrogen) atoms. The van der Waals surface area contributed by atoms with E-state index in [9.17, 15) is 4.79 Å². The van der Waals surface area contributed by atoms with Crippen LogP contribution in [0.5, 0.6) is 11.5 Å². The Morgan fingerprint density at radius 1 is 1.17 bits per heavy atom. The minimum atomic E-state index is -0.0590. The summed E-state index contributed by atoms with van der Waals surface area (Å²) in [5.41, 5.74) is 1.07.